The van der Waals surface area contributed by atoms with Gasteiger partial charge in [0.1, 0.15) is 5.82 Å². The van der Waals surface area contributed by atoms with Crippen LogP contribution in [-0.4, -0.2) is 14.6 Å². The zero-order valence-electron chi connectivity index (χ0n) is 15.1. The highest BCUT2D eigenvalue weighted by molar-refractivity contribution is 7.89. The van der Waals surface area contributed by atoms with Crippen LogP contribution < -0.4 is 4.83 Å². The first-order valence-corrected chi connectivity index (χ1v) is 9.90. The summed E-state index contributed by atoms with van der Waals surface area (Å²) in [4.78, 5) is 2.27. The van der Waals surface area contributed by atoms with Crippen molar-refractivity contribution in [3.63, 3.8) is 0 Å². The molecular weight excluding hydrogens is 375 g/mol. The Morgan fingerprint density at radius 3 is 2.39 bits per heavy atom. The highest BCUT2D eigenvalue weighted by Crippen LogP contribution is 2.11. The van der Waals surface area contributed by atoms with Crippen LogP contribution in [0, 0.1) is 24.6 Å². The van der Waals surface area contributed by atoms with Gasteiger partial charge in [-0.25, -0.2) is 9.22 Å². The van der Waals surface area contributed by atoms with Crippen molar-refractivity contribution in [3.05, 3.63) is 101 Å². The van der Waals surface area contributed by atoms with Gasteiger partial charge >= 0.3 is 0 Å². The molecule has 0 aliphatic carbocycles. The number of aryl methyl sites for hydroxylation is 1. The second kappa shape index (κ2) is 8.51. The SMILES string of the molecule is Cc1ccc(S(=O)(=O)N/N=C/c2ccc(F)cc2C#Cc2ccccc2)cc1. The van der Waals surface area contributed by atoms with Crippen LogP contribution in [0.3, 0.4) is 0 Å². The molecular formula is C22H17FN2O2S. The molecule has 3 aromatic rings. The van der Waals surface area contributed by atoms with Crippen LogP contribution in [0.15, 0.2) is 82.8 Å². The van der Waals surface area contributed by atoms with E-state index >= 15 is 0 Å². The Hall–Kier alpha value is -3.43. The molecule has 6 heteroatoms. The molecule has 3 aromatic carbocycles. The van der Waals surface area contributed by atoms with Crippen molar-refractivity contribution in [2.24, 2.45) is 5.10 Å². The molecule has 140 valence electrons. The number of hydrogen-bond acceptors (Lipinski definition) is 3. The lowest BCUT2D eigenvalue weighted by Crippen LogP contribution is -2.18. The van der Waals surface area contributed by atoms with E-state index in [1.165, 1.54) is 36.5 Å². The van der Waals surface area contributed by atoms with Crippen LogP contribution in [0.2, 0.25) is 0 Å². The quantitative estimate of drug-likeness (QED) is 0.417. The summed E-state index contributed by atoms with van der Waals surface area (Å²) in [6.45, 7) is 1.87. The summed E-state index contributed by atoms with van der Waals surface area (Å²) < 4.78 is 38.2. The molecule has 0 amide bonds. The lowest BCUT2D eigenvalue weighted by atomic mass is 10.1. The molecule has 4 nitrogen and oxygen atoms in total. The Balaban J connectivity index is 1.82. The van der Waals surface area contributed by atoms with E-state index in [2.05, 4.69) is 21.8 Å². The van der Waals surface area contributed by atoms with Gasteiger partial charge in [0.15, 0.2) is 0 Å². The highest BCUT2D eigenvalue weighted by Gasteiger charge is 2.11. The van der Waals surface area contributed by atoms with Gasteiger partial charge in [0.2, 0.25) is 0 Å². The summed E-state index contributed by atoms with van der Waals surface area (Å²) in [5.41, 5.74) is 2.64. The van der Waals surface area contributed by atoms with Gasteiger partial charge in [0.25, 0.3) is 10.0 Å². The van der Waals surface area contributed by atoms with E-state index in [1.54, 1.807) is 12.1 Å². The monoisotopic (exact) mass is 392 g/mol. The Labute approximate surface area is 163 Å². The van der Waals surface area contributed by atoms with Crippen LogP contribution in [0.4, 0.5) is 4.39 Å². The standard InChI is InChI=1S/C22H17FN2O2S/c1-17-7-13-22(14-8-17)28(26,27)25-24-16-20-11-12-21(23)15-19(20)10-9-18-5-3-2-4-6-18/h2-8,11-16,25H,1H3/b24-16+. The molecule has 28 heavy (non-hydrogen) atoms. The van der Waals surface area contributed by atoms with Crippen LogP contribution in [0.1, 0.15) is 22.3 Å². The lowest BCUT2D eigenvalue weighted by molar-refractivity contribution is 0.584. The average molecular weight is 392 g/mol. The number of rotatable bonds is 4. The Kier molecular flexibility index (Phi) is 5.87. The second-order valence-corrected chi connectivity index (χ2v) is 7.67. The first-order valence-electron chi connectivity index (χ1n) is 8.42. The summed E-state index contributed by atoms with van der Waals surface area (Å²) in [6, 6.07) is 19.7. The Morgan fingerprint density at radius 1 is 0.964 bits per heavy atom. The zero-order chi connectivity index (χ0) is 20.0. The van der Waals surface area contributed by atoms with Crippen molar-refractivity contribution < 1.29 is 12.8 Å². The molecule has 0 saturated carbocycles. The molecule has 0 spiro atoms. The largest absolute Gasteiger partial charge is 0.276 e. The van der Waals surface area contributed by atoms with Crippen molar-refractivity contribution >= 4 is 16.2 Å². The summed E-state index contributed by atoms with van der Waals surface area (Å²) in [5.74, 6) is 5.41. The molecule has 3 rings (SSSR count). The van der Waals surface area contributed by atoms with Gasteiger partial charge in [-0.3, -0.25) is 0 Å². The summed E-state index contributed by atoms with van der Waals surface area (Å²) in [6.07, 6.45) is 1.31. The van der Waals surface area contributed by atoms with Gasteiger partial charge in [-0.1, -0.05) is 47.7 Å². The fourth-order valence-corrected chi connectivity index (χ4v) is 3.14. The Bertz CT molecular complexity index is 1160. The molecule has 0 radical (unpaired) electrons. The van der Waals surface area contributed by atoms with Crippen LogP contribution in [0.5, 0.6) is 0 Å². The van der Waals surface area contributed by atoms with E-state index in [-0.39, 0.29) is 4.90 Å². The van der Waals surface area contributed by atoms with Crippen LogP contribution in [0.25, 0.3) is 0 Å². The fourth-order valence-electron chi connectivity index (χ4n) is 2.35. The van der Waals surface area contributed by atoms with E-state index < -0.39 is 15.8 Å². The van der Waals surface area contributed by atoms with Gasteiger partial charge in [-0.2, -0.15) is 13.5 Å². The zero-order valence-corrected chi connectivity index (χ0v) is 15.9. The fraction of sp³-hybridized carbons (Fsp3) is 0.0455. The van der Waals surface area contributed by atoms with E-state index in [9.17, 15) is 12.8 Å². The molecule has 0 unspecified atom stereocenters. The third-order valence-electron chi connectivity index (χ3n) is 3.84. The van der Waals surface area contributed by atoms with Gasteiger partial charge in [0, 0.05) is 16.7 Å². The molecule has 0 saturated heterocycles. The van der Waals surface area contributed by atoms with Gasteiger partial charge in [-0.05, 0) is 49.4 Å². The number of nitrogens with one attached hydrogen (secondary N) is 1. The van der Waals surface area contributed by atoms with E-state index in [1.807, 2.05) is 37.3 Å². The number of halogens is 1. The first kappa shape index (κ1) is 19.3. The van der Waals surface area contributed by atoms with Gasteiger partial charge in [-0.15, -0.1) is 0 Å². The second-order valence-electron chi connectivity index (χ2n) is 6.01. The summed E-state index contributed by atoms with van der Waals surface area (Å²) >= 11 is 0. The smallest absolute Gasteiger partial charge is 0.207 e. The molecule has 0 aromatic heterocycles. The lowest BCUT2D eigenvalue weighted by Gasteiger charge is -2.04. The highest BCUT2D eigenvalue weighted by atomic mass is 32.2. The maximum absolute atomic E-state index is 13.6. The van der Waals surface area contributed by atoms with Crippen molar-refractivity contribution in [1.29, 1.82) is 0 Å². The van der Waals surface area contributed by atoms with Crippen molar-refractivity contribution in [1.82, 2.24) is 4.83 Å². The average Bonchev–Trinajstić information content (AvgIpc) is 2.69. The van der Waals surface area contributed by atoms with E-state index in [0.29, 0.717) is 11.1 Å². The van der Waals surface area contributed by atoms with E-state index in [4.69, 9.17) is 0 Å². The molecule has 1 N–H and O–H groups in total. The molecule has 0 bridgehead atoms. The number of hydrogen-bond donors (Lipinski definition) is 1. The Morgan fingerprint density at radius 2 is 1.68 bits per heavy atom. The van der Waals surface area contributed by atoms with Crippen molar-refractivity contribution in [2.75, 3.05) is 0 Å². The van der Waals surface area contributed by atoms with Crippen LogP contribution >= 0.6 is 0 Å². The molecule has 0 aliphatic rings. The predicted molar refractivity (Wildman–Crippen MR) is 108 cm³/mol. The first-order chi connectivity index (χ1) is 13.4. The minimum absolute atomic E-state index is 0.110. The molecule has 0 aliphatic heterocycles. The minimum Gasteiger partial charge on any atom is -0.207 e. The van der Waals surface area contributed by atoms with Crippen molar-refractivity contribution in [2.45, 2.75) is 11.8 Å². The summed E-state index contributed by atoms with van der Waals surface area (Å²) in [7, 11) is -3.78. The normalized spacial score (nSPS) is 11.1. The molecule has 0 fully saturated rings. The van der Waals surface area contributed by atoms with Gasteiger partial charge in [0.05, 0.1) is 11.1 Å². The van der Waals surface area contributed by atoms with Crippen molar-refractivity contribution in [3.8, 4) is 11.8 Å². The maximum atomic E-state index is 13.6. The van der Waals surface area contributed by atoms with E-state index in [0.717, 1.165) is 11.1 Å². The number of benzene rings is 3. The topological polar surface area (TPSA) is 58.5 Å². The molecule has 0 heterocycles. The maximum Gasteiger partial charge on any atom is 0.276 e. The number of hydrazone groups is 1. The summed E-state index contributed by atoms with van der Waals surface area (Å²) in [5, 5.41) is 3.80. The minimum atomic E-state index is -3.78. The van der Waals surface area contributed by atoms with Gasteiger partial charge < -0.3 is 0 Å². The third-order valence-corrected chi connectivity index (χ3v) is 5.08. The number of nitrogens with zero attached hydrogens (tertiary/aromatic N) is 1. The van der Waals surface area contributed by atoms with Crippen LogP contribution in [-0.2, 0) is 10.0 Å². The predicted octanol–water partition coefficient (Wildman–Crippen LogP) is 3.85. The third kappa shape index (κ3) is 5.06. The molecule has 0 atom stereocenters. The number of sulfonamides is 1.